The zero-order chi connectivity index (χ0) is 100. The molecule has 30 rings (SSSR count). The van der Waals surface area contributed by atoms with Gasteiger partial charge in [-0.2, -0.15) is 0 Å². The van der Waals surface area contributed by atoms with Crippen LogP contribution in [0.15, 0.2) is 0 Å². The fourth-order valence-electron chi connectivity index (χ4n) is 35.0. The number of amides is 40. The van der Waals surface area contributed by atoms with Gasteiger partial charge in [-0.05, 0) is 0 Å². The molecule has 30 aliphatic heterocycles. The standard InChI is InChI=1S/2C42H54N20O10/c2*1-39(2)21-47-9-43-19-20-45(29(43)63)11-49-22-40(3,4)24-53(33(49)67)15-57-26-42(7,8)28-61(37(57)71)17-59-27-41(5,6)25-55(35(59)69)13-51(31(47)65)23(39)52-14-56(25)36(70)60(27)18-62(28)38(72)58(26)16-54(24)34(68)50(22)12-46(20)30(64)44(19)10-48(21)32(52)66/h2*19-28H,9-18H2,1-8H3. The number of rotatable bonds is 0. The minimum Gasteiger partial charge on any atom is -0.285 e. The van der Waals surface area contributed by atoms with E-state index in [1.54, 1.807) is 0 Å². The van der Waals surface area contributed by atoms with Crippen LogP contribution in [0.2, 0.25) is 0 Å². The zero-order valence-corrected chi connectivity index (χ0v) is 81.7. The highest BCUT2D eigenvalue weighted by atomic mass is 16.3. The summed E-state index contributed by atoms with van der Waals surface area (Å²) in [7, 11) is 0. The third-order valence-corrected chi connectivity index (χ3v) is 39.1. The van der Waals surface area contributed by atoms with Gasteiger partial charge in [-0.1, -0.05) is 111 Å². The molecule has 0 spiro atoms. The Labute approximate surface area is 819 Å². The van der Waals surface area contributed by atoms with Crippen LogP contribution in [0.1, 0.15) is 111 Å². The third-order valence-electron chi connectivity index (χ3n) is 39.1. The van der Waals surface area contributed by atoms with Crippen molar-refractivity contribution in [1.29, 1.82) is 0 Å². The van der Waals surface area contributed by atoms with E-state index in [2.05, 4.69) is 0 Å². The number of hydrogen-bond acceptors (Lipinski definition) is 20. The Morgan fingerprint density at radius 3 is 0.215 bits per heavy atom. The lowest BCUT2D eigenvalue weighted by atomic mass is 9.76. The van der Waals surface area contributed by atoms with E-state index in [9.17, 15) is 0 Å². The Morgan fingerprint density at radius 2 is 0.153 bits per heavy atom. The maximum atomic E-state index is 15.8. The van der Waals surface area contributed by atoms with Gasteiger partial charge in [0.2, 0.25) is 0 Å². The monoisotopic (exact) mass is 2000 g/mol. The molecule has 0 saturated carbocycles. The lowest BCUT2D eigenvalue weighted by Gasteiger charge is -2.73. The molecule has 144 heavy (non-hydrogen) atoms. The van der Waals surface area contributed by atoms with Crippen molar-refractivity contribution >= 4 is 121 Å². The van der Waals surface area contributed by atoms with E-state index in [4.69, 9.17) is 0 Å². The average molecular weight is 2000 g/mol. The first-order valence-corrected chi connectivity index (χ1v) is 49.3. The second-order valence-electron chi connectivity index (χ2n) is 49.5. The third kappa shape index (κ3) is 8.50. The molecule has 30 aliphatic rings. The Balaban J connectivity index is 0.000000131. The van der Waals surface area contributed by atoms with E-state index in [1.807, 2.05) is 111 Å². The maximum absolute atomic E-state index is 15.8. The van der Waals surface area contributed by atoms with Crippen molar-refractivity contribution in [2.24, 2.45) is 43.3 Å². The van der Waals surface area contributed by atoms with E-state index in [1.165, 1.54) is 196 Å². The molecule has 0 aromatic rings. The van der Waals surface area contributed by atoms with Crippen LogP contribution in [-0.4, -0.2) is 573 Å². The van der Waals surface area contributed by atoms with Gasteiger partial charge in [0.15, 0.2) is 24.7 Å². The fourth-order valence-corrected chi connectivity index (χ4v) is 35.0. The van der Waals surface area contributed by atoms with Gasteiger partial charge in [0.05, 0.1) is 0 Å². The van der Waals surface area contributed by atoms with Crippen LogP contribution in [0, 0.1) is 43.3 Å². The van der Waals surface area contributed by atoms with Crippen molar-refractivity contribution in [1.82, 2.24) is 196 Å². The summed E-state index contributed by atoms with van der Waals surface area (Å²) >= 11 is 0. The minimum absolute atomic E-state index is 0.395. The summed E-state index contributed by atoms with van der Waals surface area (Å²) < 4.78 is 0. The molecule has 0 N–H and O–H groups in total. The van der Waals surface area contributed by atoms with Crippen LogP contribution in [0.3, 0.4) is 0 Å². The number of nitrogens with zero attached hydrogens (tertiary/aromatic N) is 40. The van der Waals surface area contributed by atoms with Crippen LogP contribution in [0.5, 0.6) is 0 Å². The Kier molecular flexibility index (Phi) is 14.1. The largest absolute Gasteiger partial charge is 0.326 e. The molecule has 60 heteroatoms. The predicted octanol–water partition coefficient (Wildman–Crippen LogP) is -1.23. The van der Waals surface area contributed by atoms with Crippen molar-refractivity contribution in [2.45, 2.75) is 234 Å². The van der Waals surface area contributed by atoms with Gasteiger partial charge in [0.1, 0.15) is 232 Å². The SMILES string of the molecule is CC1(C)C2N3CN4C(=O)N5CN6C(=O)N7CN8C(=O)N9CN%10C(=O)N%11CN(C3=O)C1N1CN3C(=O)N(CN%12C(=O)N(CN%13C(=O)N(CN%14C(=O)N(CN2C1=O)C4C5%14)C6C(C)(C)C7%13)C8C(C)(C)C9%12)C%10C(C)(C)C%113.CC1(C)C2N3CN4C(=O)N5CN6C(=O)N7CN8C(=O)N9CN%10C(=O)N%11CN(C3=O)C1N1CN3C(=O)N(CN%12C(=O)N(CN%13C(=O)N(CN%14C(=O)N(CN2C1=O)C4C5%14)C6C(C)(C)C7%13)C8C(C)(C)C9%12)C%10C(C)(C)C%113. The summed E-state index contributed by atoms with van der Waals surface area (Å²) in [5, 5.41) is 0. The molecular weight excluding hydrogens is 1890 g/mol. The van der Waals surface area contributed by atoms with Gasteiger partial charge in [-0.25, -0.2) is 95.9 Å². The van der Waals surface area contributed by atoms with Crippen molar-refractivity contribution in [3.63, 3.8) is 0 Å². The number of hydrogen-bond donors (Lipinski definition) is 0. The second-order valence-corrected chi connectivity index (χ2v) is 49.5. The van der Waals surface area contributed by atoms with Crippen molar-refractivity contribution < 1.29 is 95.9 Å². The van der Waals surface area contributed by atoms with Crippen molar-refractivity contribution in [2.75, 3.05) is 133 Å². The summed E-state index contributed by atoms with van der Waals surface area (Å²) in [5.41, 5.74) is -8.96. The van der Waals surface area contributed by atoms with E-state index in [0.29, 0.717) is 0 Å². The molecule has 0 aromatic carbocycles. The molecule has 30 saturated heterocycles. The van der Waals surface area contributed by atoms with Crippen molar-refractivity contribution in [3.05, 3.63) is 0 Å². The highest BCUT2D eigenvalue weighted by Gasteiger charge is 2.82. The van der Waals surface area contributed by atoms with Crippen LogP contribution >= 0.6 is 0 Å². The first-order chi connectivity index (χ1) is 67.8. The van der Waals surface area contributed by atoms with Crippen LogP contribution < -0.4 is 0 Å². The molecule has 764 valence electrons. The molecule has 0 aliphatic carbocycles. The molecule has 30 heterocycles. The van der Waals surface area contributed by atoms with Gasteiger partial charge in [0.25, 0.3) is 0 Å². The Hall–Kier alpha value is -14.6. The summed E-state index contributed by atoms with van der Waals surface area (Å²) in [4.78, 5) is 373. The summed E-state index contributed by atoms with van der Waals surface area (Å²) in [5.74, 6) is 0. The van der Waals surface area contributed by atoms with E-state index in [0.717, 1.165) is 0 Å². The minimum atomic E-state index is -1.14. The second kappa shape index (κ2) is 24.2. The Morgan fingerprint density at radius 1 is 0.104 bits per heavy atom. The first-order valence-electron chi connectivity index (χ1n) is 49.3. The van der Waals surface area contributed by atoms with Crippen molar-refractivity contribution in [3.8, 4) is 0 Å². The quantitative estimate of drug-likeness (QED) is 0.274. The van der Waals surface area contributed by atoms with Gasteiger partial charge >= 0.3 is 121 Å². The van der Waals surface area contributed by atoms with E-state index >= 15 is 95.9 Å². The smallest absolute Gasteiger partial charge is 0.285 e. The van der Waals surface area contributed by atoms with Gasteiger partial charge in [0, 0.05) is 43.3 Å². The maximum Gasteiger partial charge on any atom is 0.326 e. The van der Waals surface area contributed by atoms with Gasteiger partial charge in [-0.3, -0.25) is 196 Å². The number of urea groups is 20. The molecule has 30 fully saturated rings. The molecule has 16 bridgehead atoms. The Bertz CT molecular complexity index is 5330. The van der Waals surface area contributed by atoms with E-state index < -0.39 is 421 Å². The lowest BCUT2D eigenvalue weighted by molar-refractivity contribution is -0.254. The fraction of sp³-hybridized carbons (Fsp3) is 0.762. The molecule has 0 unspecified atom stereocenters. The normalized spacial score (nSPS) is 39.3. The highest BCUT2D eigenvalue weighted by Crippen LogP contribution is 2.63. The summed E-state index contributed by atoms with van der Waals surface area (Å²) in [6.45, 7) is 22.0. The molecule has 0 aromatic heterocycles. The lowest BCUT2D eigenvalue weighted by Crippen LogP contribution is -2.91. The first kappa shape index (κ1) is 84.0. The molecule has 60 nitrogen and oxygen atoms in total. The van der Waals surface area contributed by atoms with Crippen LogP contribution in [0.4, 0.5) is 95.9 Å². The van der Waals surface area contributed by atoms with Gasteiger partial charge < -0.3 is 0 Å². The number of carbonyl (C=O) groups is 20. The number of carbonyl (C=O) groups excluding carboxylic acids is 20. The molecule has 0 radical (unpaired) electrons. The summed E-state index contributed by atoms with van der Waals surface area (Å²) in [6, 6.07) is -12.0. The van der Waals surface area contributed by atoms with Gasteiger partial charge in [-0.15, -0.1) is 0 Å². The zero-order valence-electron chi connectivity index (χ0n) is 81.7. The summed E-state index contributed by atoms with van der Waals surface area (Å²) in [6.07, 6.45) is -21.7. The molecule has 0 atom stereocenters. The molecular formula is C84H108N40O20. The molecule has 40 amide bonds. The van der Waals surface area contributed by atoms with E-state index in [-0.39, 0.29) is 0 Å². The van der Waals surface area contributed by atoms with Crippen LogP contribution in [0.25, 0.3) is 0 Å². The highest BCUT2D eigenvalue weighted by molar-refractivity contribution is 5.97. The van der Waals surface area contributed by atoms with Crippen LogP contribution in [-0.2, 0) is 0 Å². The predicted molar refractivity (Wildman–Crippen MR) is 465 cm³/mol. The topological polar surface area (TPSA) is 471 Å². The average Bonchev–Trinajstić information content (AvgIpc) is 1.10.